The molecule has 8 heteroatoms. The minimum atomic E-state index is 0.0964. The van der Waals surface area contributed by atoms with Gasteiger partial charge in [-0.2, -0.15) is 4.98 Å². The predicted molar refractivity (Wildman–Crippen MR) is 112 cm³/mol. The molecule has 0 spiro atoms. The van der Waals surface area contributed by atoms with Crippen LogP contribution in [0.3, 0.4) is 0 Å². The third-order valence-electron chi connectivity index (χ3n) is 4.84. The highest BCUT2D eigenvalue weighted by atomic mass is 79.9. The van der Waals surface area contributed by atoms with Crippen LogP contribution < -0.4 is 0 Å². The first kappa shape index (κ1) is 19.3. The summed E-state index contributed by atoms with van der Waals surface area (Å²) in [6, 6.07) is 11.6. The van der Waals surface area contributed by atoms with E-state index in [2.05, 4.69) is 31.0 Å². The smallest absolute Gasteiger partial charge is 0.255 e. The van der Waals surface area contributed by atoms with Crippen LogP contribution in [0, 0.1) is 0 Å². The second kappa shape index (κ2) is 8.98. The van der Waals surface area contributed by atoms with E-state index < -0.39 is 0 Å². The Labute approximate surface area is 176 Å². The van der Waals surface area contributed by atoms with E-state index in [1.165, 1.54) is 0 Å². The lowest BCUT2D eigenvalue weighted by Gasteiger charge is -2.34. The fourth-order valence-corrected chi connectivity index (χ4v) is 4.40. The van der Waals surface area contributed by atoms with Gasteiger partial charge in [0.1, 0.15) is 0 Å². The number of nitrogens with zero attached hydrogens (tertiary/aromatic N) is 4. The number of amides is 1. The first-order valence-electron chi connectivity index (χ1n) is 9.33. The molecule has 1 aromatic carbocycles. The molecule has 1 aliphatic heterocycles. The number of rotatable bonds is 6. The van der Waals surface area contributed by atoms with Gasteiger partial charge in [-0.15, -0.1) is 11.3 Å². The molecule has 0 bridgehead atoms. The number of thiophene rings is 1. The molecule has 4 rings (SSSR count). The van der Waals surface area contributed by atoms with Crippen molar-refractivity contribution in [2.75, 3.05) is 32.7 Å². The molecule has 3 heterocycles. The summed E-state index contributed by atoms with van der Waals surface area (Å²) in [7, 11) is 0. The highest BCUT2D eigenvalue weighted by Crippen LogP contribution is 2.22. The van der Waals surface area contributed by atoms with Gasteiger partial charge >= 0.3 is 0 Å². The Balaban J connectivity index is 1.22. The first-order chi connectivity index (χ1) is 13.7. The van der Waals surface area contributed by atoms with Gasteiger partial charge in [0.2, 0.25) is 11.7 Å². The Kier molecular flexibility index (Phi) is 6.19. The second-order valence-corrected chi connectivity index (χ2v) is 8.51. The number of hydrogen-bond acceptors (Lipinski definition) is 6. The lowest BCUT2D eigenvalue weighted by molar-refractivity contribution is 0.0634. The van der Waals surface area contributed by atoms with Crippen LogP contribution in [0.1, 0.15) is 22.7 Å². The number of benzene rings is 1. The highest BCUT2D eigenvalue weighted by Gasteiger charge is 2.23. The summed E-state index contributed by atoms with van der Waals surface area (Å²) in [4.78, 5) is 22.5. The molecule has 1 fully saturated rings. The third-order valence-corrected chi connectivity index (χ3v) is 6.40. The zero-order valence-electron chi connectivity index (χ0n) is 15.4. The molecule has 0 saturated carbocycles. The van der Waals surface area contributed by atoms with Crippen molar-refractivity contribution in [3.8, 4) is 10.7 Å². The summed E-state index contributed by atoms with van der Waals surface area (Å²) in [5.41, 5.74) is 0.730. The summed E-state index contributed by atoms with van der Waals surface area (Å²) >= 11 is 5.08. The Morgan fingerprint density at radius 2 is 1.96 bits per heavy atom. The maximum atomic E-state index is 12.7. The van der Waals surface area contributed by atoms with Crippen LogP contribution in [0.5, 0.6) is 0 Å². The van der Waals surface area contributed by atoms with Crippen LogP contribution in [0.15, 0.2) is 50.8 Å². The number of hydrogen-bond donors (Lipinski definition) is 0. The summed E-state index contributed by atoms with van der Waals surface area (Å²) in [5, 5.41) is 6.06. The van der Waals surface area contributed by atoms with Crippen LogP contribution in [-0.2, 0) is 6.42 Å². The number of carbonyl (C=O) groups is 1. The van der Waals surface area contributed by atoms with E-state index in [1.807, 2.05) is 46.7 Å². The van der Waals surface area contributed by atoms with Crippen LogP contribution in [0.4, 0.5) is 0 Å². The molecule has 0 radical (unpaired) electrons. The molecule has 0 N–H and O–H groups in total. The average Bonchev–Trinajstić information content (AvgIpc) is 3.40. The molecule has 1 saturated heterocycles. The van der Waals surface area contributed by atoms with Crippen molar-refractivity contribution in [3.05, 3.63) is 57.7 Å². The number of halogens is 1. The van der Waals surface area contributed by atoms with Crippen molar-refractivity contribution in [3.63, 3.8) is 0 Å². The van der Waals surface area contributed by atoms with Gasteiger partial charge in [-0.3, -0.25) is 9.69 Å². The topological polar surface area (TPSA) is 62.5 Å². The van der Waals surface area contributed by atoms with Crippen molar-refractivity contribution < 1.29 is 9.32 Å². The summed E-state index contributed by atoms with van der Waals surface area (Å²) < 4.78 is 6.21. The van der Waals surface area contributed by atoms with E-state index in [-0.39, 0.29) is 5.91 Å². The number of aryl methyl sites for hydroxylation is 1. The zero-order chi connectivity index (χ0) is 19.3. The monoisotopic (exact) mass is 460 g/mol. The van der Waals surface area contributed by atoms with Gasteiger partial charge in [0.25, 0.3) is 5.91 Å². The zero-order valence-corrected chi connectivity index (χ0v) is 17.8. The van der Waals surface area contributed by atoms with Crippen molar-refractivity contribution in [2.24, 2.45) is 0 Å². The molecule has 2 aromatic heterocycles. The maximum absolute atomic E-state index is 12.7. The lowest BCUT2D eigenvalue weighted by Crippen LogP contribution is -2.48. The fourth-order valence-electron chi connectivity index (χ4n) is 3.30. The summed E-state index contributed by atoms with van der Waals surface area (Å²) in [6.45, 7) is 4.25. The fraction of sp³-hybridized carbons (Fsp3) is 0.350. The minimum Gasteiger partial charge on any atom is -0.339 e. The molecular formula is C20H21BrN4O2S. The van der Waals surface area contributed by atoms with E-state index in [9.17, 15) is 4.79 Å². The predicted octanol–water partition coefficient (Wildman–Crippen LogP) is 3.95. The molecule has 28 heavy (non-hydrogen) atoms. The maximum Gasteiger partial charge on any atom is 0.255 e. The number of aromatic nitrogens is 2. The van der Waals surface area contributed by atoms with Crippen LogP contribution in [-0.4, -0.2) is 58.6 Å². The molecule has 0 unspecified atom stereocenters. The van der Waals surface area contributed by atoms with Gasteiger partial charge in [0, 0.05) is 37.1 Å². The van der Waals surface area contributed by atoms with Crippen molar-refractivity contribution in [1.82, 2.24) is 19.9 Å². The van der Waals surface area contributed by atoms with E-state index in [0.29, 0.717) is 11.7 Å². The van der Waals surface area contributed by atoms with Gasteiger partial charge < -0.3 is 9.42 Å². The molecule has 1 aliphatic rings. The Morgan fingerprint density at radius 3 is 2.71 bits per heavy atom. The normalized spacial score (nSPS) is 15.1. The Morgan fingerprint density at radius 1 is 1.14 bits per heavy atom. The van der Waals surface area contributed by atoms with Crippen LogP contribution >= 0.6 is 27.3 Å². The van der Waals surface area contributed by atoms with Gasteiger partial charge in [-0.1, -0.05) is 23.4 Å². The summed E-state index contributed by atoms with van der Waals surface area (Å²) in [6.07, 6.45) is 1.73. The van der Waals surface area contributed by atoms with E-state index >= 15 is 0 Å². The van der Waals surface area contributed by atoms with Gasteiger partial charge in [-0.05, 0) is 52.5 Å². The van der Waals surface area contributed by atoms with Crippen molar-refractivity contribution in [2.45, 2.75) is 12.8 Å². The Bertz CT molecular complexity index is 920. The van der Waals surface area contributed by atoms with Crippen LogP contribution in [0.2, 0.25) is 0 Å². The molecule has 146 valence electrons. The van der Waals surface area contributed by atoms with E-state index in [1.54, 1.807) is 11.3 Å². The lowest BCUT2D eigenvalue weighted by atomic mass is 10.2. The van der Waals surface area contributed by atoms with E-state index in [4.69, 9.17) is 4.52 Å². The molecule has 3 aromatic rings. The second-order valence-electron chi connectivity index (χ2n) is 6.71. The van der Waals surface area contributed by atoms with Crippen LogP contribution in [0.25, 0.3) is 10.7 Å². The highest BCUT2D eigenvalue weighted by molar-refractivity contribution is 9.10. The third kappa shape index (κ3) is 4.51. The van der Waals surface area contributed by atoms with Crippen molar-refractivity contribution >= 4 is 33.2 Å². The molecular weight excluding hydrogens is 440 g/mol. The number of piperazine rings is 1. The SMILES string of the molecule is O=C(c1ccccc1Br)N1CCN(CCCc2nc(-c3cccs3)no2)CC1. The minimum absolute atomic E-state index is 0.0964. The molecule has 1 amide bonds. The van der Waals surface area contributed by atoms with Crippen molar-refractivity contribution in [1.29, 1.82) is 0 Å². The summed E-state index contributed by atoms with van der Waals surface area (Å²) in [5.74, 6) is 1.45. The quantitative estimate of drug-likeness (QED) is 0.557. The molecule has 0 atom stereocenters. The molecule has 6 nitrogen and oxygen atoms in total. The van der Waals surface area contributed by atoms with E-state index in [0.717, 1.165) is 60.5 Å². The van der Waals surface area contributed by atoms with Gasteiger partial charge in [0.05, 0.1) is 10.4 Å². The average molecular weight is 461 g/mol. The Hall–Kier alpha value is -2.03. The largest absolute Gasteiger partial charge is 0.339 e. The molecule has 0 aliphatic carbocycles. The first-order valence-corrected chi connectivity index (χ1v) is 11.0. The van der Waals surface area contributed by atoms with Gasteiger partial charge in [0.15, 0.2) is 0 Å². The standard InChI is InChI=1S/C20H21BrN4O2S/c21-16-6-2-1-5-15(16)20(26)25-12-10-24(11-13-25)9-3-8-18-22-19(23-27-18)17-7-4-14-28-17/h1-2,4-7,14H,3,8-13H2. The van der Waals surface area contributed by atoms with Gasteiger partial charge in [-0.25, -0.2) is 0 Å². The number of carbonyl (C=O) groups excluding carboxylic acids is 1.